The summed E-state index contributed by atoms with van der Waals surface area (Å²) in [5, 5.41) is 12.3. The molecule has 6 heteroatoms. The van der Waals surface area contributed by atoms with Crippen LogP contribution in [0, 0.1) is 0 Å². The zero-order valence-electron chi connectivity index (χ0n) is 13.2. The molecule has 0 saturated carbocycles. The number of esters is 1. The third-order valence-corrected chi connectivity index (χ3v) is 3.84. The number of carbonyl (C=O) groups is 2. The monoisotopic (exact) mass is 320 g/mol. The van der Waals surface area contributed by atoms with Crippen molar-refractivity contribution in [1.29, 1.82) is 0 Å². The minimum absolute atomic E-state index is 0.0234. The van der Waals surface area contributed by atoms with E-state index in [1.165, 1.54) is 0 Å². The number of nitrogens with zero attached hydrogens (tertiary/aromatic N) is 1. The molecule has 0 spiro atoms. The normalized spacial score (nSPS) is 17.8. The fraction of sp³-hybridized carbons (Fsp3) is 0.529. The van der Waals surface area contributed by atoms with Crippen LogP contribution in [0.25, 0.3) is 0 Å². The van der Waals surface area contributed by atoms with Crippen molar-refractivity contribution >= 4 is 11.9 Å². The average molecular weight is 320 g/mol. The van der Waals surface area contributed by atoms with E-state index in [0.717, 1.165) is 5.56 Å². The predicted molar refractivity (Wildman–Crippen MR) is 85.5 cm³/mol. The molecule has 0 radical (unpaired) electrons. The number of benzene rings is 1. The summed E-state index contributed by atoms with van der Waals surface area (Å²) in [5.41, 5.74) is 0.952. The van der Waals surface area contributed by atoms with Crippen LogP contribution in [0.15, 0.2) is 30.3 Å². The Hall–Kier alpha value is -1.92. The first-order chi connectivity index (χ1) is 11.2. The van der Waals surface area contributed by atoms with E-state index in [2.05, 4.69) is 5.32 Å². The van der Waals surface area contributed by atoms with Gasteiger partial charge in [-0.2, -0.15) is 0 Å². The van der Waals surface area contributed by atoms with Crippen LogP contribution in [0.5, 0.6) is 0 Å². The van der Waals surface area contributed by atoms with Crippen molar-refractivity contribution in [2.75, 3.05) is 26.2 Å². The van der Waals surface area contributed by atoms with Crippen LogP contribution in [-0.4, -0.2) is 54.2 Å². The summed E-state index contributed by atoms with van der Waals surface area (Å²) in [5.74, 6) is -0.254. The van der Waals surface area contributed by atoms with Crippen molar-refractivity contribution < 1.29 is 19.4 Å². The third kappa shape index (κ3) is 6.00. The van der Waals surface area contributed by atoms with Crippen LogP contribution >= 0.6 is 0 Å². The van der Waals surface area contributed by atoms with E-state index < -0.39 is 0 Å². The van der Waals surface area contributed by atoms with Gasteiger partial charge in [-0.25, -0.2) is 0 Å². The lowest BCUT2D eigenvalue weighted by atomic mass is 10.1. The number of piperazine rings is 1. The summed E-state index contributed by atoms with van der Waals surface area (Å²) in [4.78, 5) is 25.5. The highest BCUT2D eigenvalue weighted by Gasteiger charge is 2.22. The number of hydrogen-bond donors (Lipinski definition) is 2. The van der Waals surface area contributed by atoms with Gasteiger partial charge in [0.15, 0.2) is 0 Å². The molecule has 0 aromatic heterocycles. The van der Waals surface area contributed by atoms with Gasteiger partial charge < -0.3 is 20.1 Å². The molecule has 1 aliphatic heterocycles. The molecule has 6 nitrogen and oxygen atoms in total. The summed E-state index contributed by atoms with van der Waals surface area (Å²) >= 11 is 0. The van der Waals surface area contributed by atoms with Gasteiger partial charge in [-0.15, -0.1) is 0 Å². The van der Waals surface area contributed by atoms with Crippen molar-refractivity contribution in [3.63, 3.8) is 0 Å². The molecule has 1 heterocycles. The van der Waals surface area contributed by atoms with Gasteiger partial charge in [-0.05, 0) is 12.0 Å². The Morgan fingerprint density at radius 3 is 2.78 bits per heavy atom. The van der Waals surface area contributed by atoms with Crippen molar-refractivity contribution in [3.05, 3.63) is 35.9 Å². The minimum Gasteiger partial charge on any atom is -0.461 e. The fourth-order valence-corrected chi connectivity index (χ4v) is 2.53. The van der Waals surface area contributed by atoms with Gasteiger partial charge in [0.1, 0.15) is 6.61 Å². The lowest BCUT2D eigenvalue weighted by Gasteiger charge is -2.32. The maximum atomic E-state index is 12.1. The summed E-state index contributed by atoms with van der Waals surface area (Å²) in [6.07, 6.45) is 1.06. The molecule has 1 atom stereocenters. The van der Waals surface area contributed by atoms with E-state index in [4.69, 9.17) is 9.84 Å². The second kappa shape index (κ2) is 9.27. The van der Waals surface area contributed by atoms with Crippen LogP contribution in [0.1, 0.15) is 24.8 Å². The van der Waals surface area contributed by atoms with Crippen molar-refractivity contribution in [1.82, 2.24) is 10.2 Å². The lowest BCUT2D eigenvalue weighted by molar-refractivity contribution is -0.145. The molecule has 0 bridgehead atoms. The number of hydrogen-bond acceptors (Lipinski definition) is 5. The van der Waals surface area contributed by atoms with Crippen LogP contribution < -0.4 is 5.32 Å². The van der Waals surface area contributed by atoms with Gasteiger partial charge in [0.05, 0.1) is 6.61 Å². The number of aliphatic hydroxyl groups is 1. The highest BCUT2D eigenvalue weighted by molar-refractivity contribution is 5.77. The van der Waals surface area contributed by atoms with E-state index in [1.54, 1.807) is 4.90 Å². The molecule has 23 heavy (non-hydrogen) atoms. The number of nitrogens with one attached hydrogen (secondary N) is 1. The largest absolute Gasteiger partial charge is 0.461 e. The van der Waals surface area contributed by atoms with E-state index in [1.807, 2.05) is 30.3 Å². The fourth-order valence-electron chi connectivity index (χ4n) is 2.53. The second-order valence-corrected chi connectivity index (χ2v) is 5.67. The quantitative estimate of drug-likeness (QED) is 0.723. The van der Waals surface area contributed by atoms with Gasteiger partial charge >= 0.3 is 5.97 Å². The molecule has 1 aromatic carbocycles. The van der Waals surface area contributed by atoms with E-state index >= 15 is 0 Å². The summed E-state index contributed by atoms with van der Waals surface area (Å²) in [6, 6.07) is 9.46. The van der Waals surface area contributed by atoms with Gasteiger partial charge in [-0.3, -0.25) is 9.59 Å². The zero-order chi connectivity index (χ0) is 16.5. The summed E-state index contributed by atoms with van der Waals surface area (Å²) in [6.45, 7) is 2.15. The topological polar surface area (TPSA) is 78.9 Å². The van der Waals surface area contributed by atoms with Gasteiger partial charge in [0.25, 0.3) is 0 Å². The molecule has 1 fully saturated rings. The maximum absolute atomic E-state index is 12.1. The van der Waals surface area contributed by atoms with Gasteiger partial charge in [-0.1, -0.05) is 30.3 Å². The Labute approximate surface area is 136 Å². The Bertz CT molecular complexity index is 507. The Morgan fingerprint density at radius 1 is 1.26 bits per heavy atom. The van der Waals surface area contributed by atoms with Crippen molar-refractivity contribution in [2.24, 2.45) is 0 Å². The second-order valence-electron chi connectivity index (χ2n) is 5.67. The Kier molecular flexibility index (Phi) is 7.03. The predicted octanol–water partition coefficient (Wildman–Crippen LogP) is 0.693. The number of aliphatic hydroxyl groups excluding tert-OH is 1. The number of amides is 1. The third-order valence-electron chi connectivity index (χ3n) is 3.84. The SMILES string of the molecule is O=C(CCCC(=O)N1CCNC(CO)C1)OCc1ccccc1. The van der Waals surface area contributed by atoms with E-state index in [-0.39, 0.29) is 37.6 Å². The van der Waals surface area contributed by atoms with Crippen LogP contribution in [0.4, 0.5) is 0 Å². The summed E-state index contributed by atoms with van der Waals surface area (Å²) < 4.78 is 5.18. The molecular weight excluding hydrogens is 296 g/mol. The Balaban J connectivity index is 1.62. The van der Waals surface area contributed by atoms with E-state index in [9.17, 15) is 9.59 Å². The van der Waals surface area contributed by atoms with Crippen LogP contribution in [0.3, 0.4) is 0 Å². The van der Waals surface area contributed by atoms with Gasteiger partial charge in [0, 0.05) is 38.5 Å². The lowest BCUT2D eigenvalue weighted by Crippen LogP contribution is -2.53. The van der Waals surface area contributed by atoms with Crippen LogP contribution in [-0.2, 0) is 20.9 Å². The molecular formula is C17H24N2O4. The highest BCUT2D eigenvalue weighted by Crippen LogP contribution is 2.07. The Morgan fingerprint density at radius 2 is 2.04 bits per heavy atom. The van der Waals surface area contributed by atoms with E-state index in [0.29, 0.717) is 32.5 Å². The minimum atomic E-state index is -0.282. The highest BCUT2D eigenvalue weighted by atomic mass is 16.5. The van der Waals surface area contributed by atoms with Crippen molar-refractivity contribution in [3.8, 4) is 0 Å². The maximum Gasteiger partial charge on any atom is 0.306 e. The number of rotatable bonds is 7. The first kappa shape index (κ1) is 17.4. The first-order valence-electron chi connectivity index (χ1n) is 8.00. The van der Waals surface area contributed by atoms with Crippen LogP contribution in [0.2, 0.25) is 0 Å². The molecule has 0 aliphatic carbocycles. The molecule has 1 aromatic rings. The first-order valence-corrected chi connectivity index (χ1v) is 8.00. The molecule has 1 amide bonds. The molecule has 2 rings (SSSR count). The smallest absolute Gasteiger partial charge is 0.306 e. The number of ether oxygens (including phenoxy) is 1. The molecule has 1 unspecified atom stereocenters. The summed E-state index contributed by atoms with van der Waals surface area (Å²) in [7, 11) is 0. The molecule has 2 N–H and O–H groups in total. The van der Waals surface area contributed by atoms with Gasteiger partial charge in [0.2, 0.25) is 5.91 Å². The molecule has 1 saturated heterocycles. The van der Waals surface area contributed by atoms with Crippen molar-refractivity contribution in [2.45, 2.75) is 31.9 Å². The standard InChI is InChI=1S/C17H24N2O4/c20-12-15-11-19(10-9-18-15)16(21)7-4-8-17(22)23-13-14-5-2-1-3-6-14/h1-3,5-6,15,18,20H,4,7-13H2. The molecule has 1 aliphatic rings. The molecule has 126 valence electrons. The average Bonchev–Trinajstić information content (AvgIpc) is 2.60. The zero-order valence-corrected chi connectivity index (χ0v) is 13.2. The number of carbonyl (C=O) groups excluding carboxylic acids is 2.